The lowest BCUT2D eigenvalue weighted by Gasteiger charge is -2.19. The van der Waals surface area contributed by atoms with E-state index in [9.17, 15) is 4.79 Å². The summed E-state index contributed by atoms with van der Waals surface area (Å²) in [6, 6.07) is 4.23. The average molecular weight is 302 g/mol. The summed E-state index contributed by atoms with van der Waals surface area (Å²) in [7, 11) is 0. The SMILES string of the molecule is O=C(CCC1CCCC1)N[C@H]1COC[C@H]1Cc1ccncc1. The zero-order valence-electron chi connectivity index (χ0n) is 13.2. The summed E-state index contributed by atoms with van der Waals surface area (Å²) < 4.78 is 5.59. The highest BCUT2D eigenvalue weighted by atomic mass is 16.5. The van der Waals surface area contributed by atoms with Crippen LogP contribution in [0.25, 0.3) is 0 Å². The highest BCUT2D eigenvalue weighted by Crippen LogP contribution is 2.28. The Hall–Kier alpha value is -1.42. The molecule has 0 spiro atoms. The first-order valence-electron chi connectivity index (χ1n) is 8.57. The zero-order chi connectivity index (χ0) is 15.2. The second-order valence-corrected chi connectivity index (χ2v) is 6.72. The van der Waals surface area contributed by atoms with Gasteiger partial charge in [-0.15, -0.1) is 0 Å². The van der Waals surface area contributed by atoms with Crippen molar-refractivity contribution in [2.24, 2.45) is 11.8 Å². The van der Waals surface area contributed by atoms with Crippen molar-refractivity contribution in [2.45, 2.75) is 51.0 Å². The number of carbonyl (C=O) groups excluding carboxylic acids is 1. The van der Waals surface area contributed by atoms with Crippen LogP contribution in [0.3, 0.4) is 0 Å². The van der Waals surface area contributed by atoms with Gasteiger partial charge in [0.25, 0.3) is 0 Å². The highest BCUT2D eigenvalue weighted by molar-refractivity contribution is 5.76. The van der Waals surface area contributed by atoms with Crippen LogP contribution in [0, 0.1) is 11.8 Å². The molecule has 0 bridgehead atoms. The molecule has 1 aliphatic carbocycles. The number of hydrogen-bond donors (Lipinski definition) is 1. The Kier molecular flexibility index (Phi) is 5.43. The van der Waals surface area contributed by atoms with E-state index >= 15 is 0 Å². The molecular formula is C18H26N2O2. The van der Waals surface area contributed by atoms with E-state index in [-0.39, 0.29) is 11.9 Å². The van der Waals surface area contributed by atoms with Crippen LogP contribution in [0.2, 0.25) is 0 Å². The lowest BCUT2D eigenvalue weighted by atomic mass is 9.95. The zero-order valence-corrected chi connectivity index (χ0v) is 13.2. The van der Waals surface area contributed by atoms with Crippen LogP contribution in [-0.2, 0) is 16.0 Å². The molecule has 4 nitrogen and oxygen atoms in total. The van der Waals surface area contributed by atoms with Gasteiger partial charge in [-0.05, 0) is 36.5 Å². The second-order valence-electron chi connectivity index (χ2n) is 6.72. The van der Waals surface area contributed by atoms with Crippen molar-refractivity contribution in [1.82, 2.24) is 10.3 Å². The van der Waals surface area contributed by atoms with Crippen molar-refractivity contribution >= 4 is 5.91 Å². The number of amides is 1. The lowest BCUT2D eigenvalue weighted by Crippen LogP contribution is -2.40. The predicted molar refractivity (Wildman–Crippen MR) is 85.4 cm³/mol. The molecular weight excluding hydrogens is 276 g/mol. The van der Waals surface area contributed by atoms with E-state index in [1.807, 2.05) is 24.5 Å². The van der Waals surface area contributed by atoms with E-state index in [0.29, 0.717) is 18.9 Å². The lowest BCUT2D eigenvalue weighted by molar-refractivity contribution is -0.122. The third kappa shape index (κ3) is 4.29. The first kappa shape index (κ1) is 15.5. The molecule has 1 aromatic heterocycles. The van der Waals surface area contributed by atoms with Gasteiger partial charge in [0.2, 0.25) is 5.91 Å². The molecule has 1 aromatic rings. The monoisotopic (exact) mass is 302 g/mol. The van der Waals surface area contributed by atoms with Crippen LogP contribution >= 0.6 is 0 Å². The molecule has 3 rings (SSSR count). The molecule has 0 aromatic carbocycles. The number of rotatable bonds is 6. The molecule has 1 amide bonds. The van der Waals surface area contributed by atoms with Crippen LogP contribution in [-0.4, -0.2) is 30.1 Å². The molecule has 120 valence electrons. The molecule has 4 heteroatoms. The maximum Gasteiger partial charge on any atom is 0.220 e. The van der Waals surface area contributed by atoms with E-state index in [0.717, 1.165) is 25.4 Å². The Morgan fingerprint density at radius 3 is 2.77 bits per heavy atom. The molecule has 2 fully saturated rings. The van der Waals surface area contributed by atoms with Gasteiger partial charge in [-0.3, -0.25) is 9.78 Å². The quantitative estimate of drug-likeness (QED) is 0.879. The molecule has 22 heavy (non-hydrogen) atoms. The maximum absolute atomic E-state index is 12.2. The molecule has 1 saturated heterocycles. The predicted octanol–water partition coefficient (Wildman–Crippen LogP) is 2.73. The van der Waals surface area contributed by atoms with Crippen molar-refractivity contribution in [3.8, 4) is 0 Å². The van der Waals surface area contributed by atoms with E-state index in [2.05, 4.69) is 10.3 Å². The fourth-order valence-electron chi connectivity index (χ4n) is 3.69. The van der Waals surface area contributed by atoms with Crippen LogP contribution < -0.4 is 5.32 Å². The number of carbonyl (C=O) groups is 1. The summed E-state index contributed by atoms with van der Waals surface area (Å²) in [5.74, 6) is 1.35. The summed E-state index contributed by atoms with van der Waals surface area (Å²) in [4.78, 5) is 16.2. The summed E-state index contributed by atoms with van der Waals surface area (Å²) in [5, 5.41) is 3.19. The van der Waals surface area contributed by atoms with Crippen LogP contribution in [0.4, 0.5) is 0 Å². The van der Waals surface area contributed by atoms with Gasteiger partial charge in [0.1, 0.15) is 0 Å². The Morgan fingerprint density at radius 1 is 1.23 bits per heavy atom. The van der Waals surface area contributed by atoms with Crippen LogP contribution in [0.5, 0.6) is 0 Å². The van der Waals surface area contributed by atoms with Crippen molar-refractivity contribution in [1.29, 1.82) is 0 Å². The standard InChI is InChI=1S/C18H26N2O2/c21-18(6-5-14-3-1-2-4-14)20-17-13-22-12-16(17)11-15-7-9-19-10-8-15/h7-10,14,16-17H,1-6,11-13H2,(H,20,21)/t16-,17+/m1/s1. The minimum atomic E-state index is 0.157. The fourth-order valence-corrected chi connectivity index (χ4v) is 3.69. The highest BCUT2D eigenvalue weighted by Gasteiger charge is 2.29. The summed E-state index contributed by atoms with van der Waals surface area (Å²) in [5.41, 5.74) is 1.26. The van der Waals surface area contributed by atoms with Gasteiger partial charge in [-0.2, -0.15) is 0 Å². The van der Waals surface area contributed by atoms with E-state index < -0.39 is 0 Å². The second kappa shape index (κ2) is 7.73. The summed E-state index contributed by atoms with van der Waals surface area (Å²) in [6.45, 7) is 1.38. The topological polar surface area (TPSA) is 51.2 Å². The third-order valence-corrected chi connectivity index (χ3v) is 5.05. The van der Waals surface area contributed by atoms with Crippen molar-refractivity contribution < 1.29 is 9.53 Å². The van der Waals surface area contributed by atoms with Gasteiger partial charge < -0.3 is 10.1 Å². The molecule has 2 aliphatic rings. The van der Waals surface area contributed by atoms with Gasteiger partial charge in [-0.25, -0.2) is 0 Å². The van der Waals surface area contributed by atoms with Crippen molar-refractivity contribution in [3.05, 3.63) is 30.1 Å². The van der Waals surface area contributed by atoms with Crippen molar-refractivity contribution in [3.63, 3.8) is 0 Å². The van der Waals surface area contributed by atoms with Gasteiger partial charge in [0.15, 0.2) is 0 Å². The first-order chi connectivity index (χ1) is 10.8. The van der Waals surface area contributed by atoms with Gasteiger partial charge in [-0.1, -0.05) is 25.7 Å². The molecule has 1 saturated carbocycles. The average Bonchev–Trinajstić information content (AvgIpc) is 3.19. The Balaban J connectivity index is 1.45. The maximum atomic E-state index is 12.2. The number of ether oxygens (including phenoxy) is 1. The van der Waals surface area contributed by atoms with Gasteiger partial charge in [0.05, 0.1) is 19.3 Å². The molecule has 2 atom stereocenters. The number of aromatic nitrogens is 1. The Morgan fingerprint density at radius 2 is 2.00 bits per heavy atom. The van der Waals surface area contributed by atoms with Gasteiger partial charge >= 0.3 is 0 Å². The van der Waals surface area contributed by atoms with E-state index in [1.54, 1.807) is 0 Å². The minimum absolute atomic E-state index is 0.157. The molecule has 2 heterocycles. The van der Waals surface area contributed by atoms with Crippen LogP contribution in [0.1, 0.15) is 44.1 Å². The molecule has 1 aliphatic heterocycles. The molecule has 1 N–H and O–H groups in total. The van der Waals surface area contributed by atoms with Gasteiger partial charge in [0, 0.05) is 24.7 Å². The third-order valence-electron chi connectivity index (χ3n) is 5.05. The van der Waals surface area contributed by atoms with Crippen molar-refractivity contribution in [2.75, 3.05) is 13.2 Å². The summed E-state index contributed by atoms with van der Waals surface area (Å²) in [6.07, 6.45) is 11.6. The Bertz CT molecular complexity index is 471. The smallest absolute Gasteiger partial charge is 0.220 e. The number of nitrogens with zero attached hydrogens (tertiary/aromatic N) is 1. The normalized spacial score (nSPS) is 25.5. The largest absolute Gasteiger partial charge is 0.379 e. The molecule has 0 unspecified atom stereocenters. The number of hydrogen-bond acceptors (Lipinski definition) is 3. The first-order valence-corrected chi connectivity index (χ1v) is 8.57. The molecule has 0 radical (unpaired) electrons. The Labute approximate surface area is 132 Å². The number of nitrogens with one attached hydrogen (secondary N) is 1. The summed E-state index contributed by atoms with van der Waals surface area (Å²) >= 11 is 0. The number of pyridine rings is 1. The van der Waals surface area contributed by atoms with Crippen LogP contribution in [0.15, 0.2) is 24.5 Å². The fraction of sp³-hybridized carbons (Fsp3) is 0.667. The van der Waals surface area contributed by atoms with E-state index in [4.69, 9.17) is 4.74 Å². The minimum Gasteiger partial charge on any atom is -0.379 e. The van der Waals surface area contributed by atoms with E-state index in [1.165, 1.54) is 31.2 Å².